The minimum Gasteiger partial charge on any atom is -0.378 e. The lowest BCUT2D eigenvalue weighted by atomic mass is 9.73. The van der Waals surface area contributed by atoms with Gasteiger partial charge in [0.2, 0.25) is 5.91 Å². The van der Waals surface area contributed by atoms with Crippen LogP contribution in [0.4, 0.5) is 0 Å². The van der Waals surface area contributed by atoms with Crippen molar-refractivity contribution in [2.75, 3.05) is 39.4 Å². The van der Waals surface area contributed by atoms with Crippen molar-refractivity contribution in [2.45, 2.75) is 50.5 Å². The van der Waals surface area contributed by atoms with Gasteiger partial charge < -0.3 is 9.64 Å². The van der Waals surface area contributed by atoms with Crippen LogP contribution in [-0.4, -0.2) is 60.1 Å². The highest BCUT2D eigenvalue weighted by molar-refractivity contribution is 7.09. The maximum atomic E-state index is 12.9. The largest absolute Gasteiger partial charge is 0.378 e. The van der Waals surface area contributed by atoms with Gasteiger partial charge in [-0.1, -0.05) is 24.3 Å². The number of aryl methyl sites for hydroxylation is 1. The van der Waals surface area contributed by atoms with Crippen molar-refractivity contribution in [3.8, 4) is 0 Å². The fourth-order valence-electron chi connectivity index (χ4n) is 5.68. The Morgan fingerprint density at radius 1 is 1.20 bits per heavy atom. The topological polar surface area (TPSA) is 45.7 Å². The molecule has 5 nitrogen and oxygen atoms in total. The van der Waals surface area contributed by atoms with E-state index in [2.05, 4.69) is 46.5 Å². The number of amides is 1. The Balaban J connectivity index is 1.27. The smallest absolute Gasteiger partial charge is 0.223 e. The number of carbonyl (C=O) groups is 1. The van der Waals surface area contributed by atoms with Gasteiger partial charge in [-0.3, -0.25) is 9.69 Å². The molecule has 0 N–H and O–H groups in total. The van der Waals surface area contributed by atoms with Crippen LogP contribution in [0.25, 0.3) is 0 Å². The second-order valence-corrected chi connectivity index (χ2v) is 10.2. The van der Waals surface area contributed by atoms with E-state index in [0.717, 1.165) is 44.2 Å². The molecule has 0 unspecified atom stereocenters. The molecule has 1 aromatic heterocycles. The Hall–Kier alpha value is -1.76. The predicted molar refractivity (Wildman–Crippen MR) is 119 cm³/mol. The van der Waals surface area contributed by atoms with E-state index in [1.165, 1.54) is 29.7 Å². The summed E-state index contributed by atoms with van der Waals surface area (Å²) in [6, 6.07) is 8.92. The Morgan fingerprint density at radius 3 is 2.70 bits per heavy atom. The van der Waals surface area contributed by atoms with Crippen molar-refractivity contribution in [3.63, 3.8) is 0 Å². The summed E-state index contributed by atoms with van der Waals surface area (Å²) in [7, 11) is 0. The van der Waals surface area contributed by atoms with Crippen molar-refractivity contribution < 1.29 is 9.53 Å². The molecule has 0 bridgehead atoms. The molecule has 30 heavy (non-hydrogen) atoms. The molecule has 2 fully saturated rings. The van der Waals surface area contributed by atoms with Gasteiger partial charge in [0.25, 0.3) is 0 Å². The molecule has 1 atom stereocenters. The summed E-state index contributed by atoms with van der Waals surface area (Å²) >= 11 is 1.74. The van der Waals surface area contributed by atoms with Crippen LogP contribution in [-0.2, 0) is 21.5 Å². The highest BCUT2D eigenvalue weighted by Crippen LogP contribution is 2.52. The molecule has 2 aromatic rings. The number of fused-ring (bicyclic) bond motifs is 2. The predicted octanol–water partition coefficient (Wildman–Crippen LogP) is 3.72. The molecule has 3 aliphatic rings. The molecule has 5 rings (SSSR count). The molecular formula is C24H31N3O2S. The zero-order valence-electron chi connectivity index (χ0n) is 17.8. The normalized spacial score (nSPS) is 23.6. The highest BCUT2D eigenvalue weighted by atomic mass is 32.1. The van der Waals surface area contributed by atoms with Gasteiger partial charge in [-0.2, -0.15) is 0 Å². The number of hydrogen-bond donors (Lipinski definition) is 0. The Morgan fingerprint density at radius 2 is 1.97 bits per heavy atom. The maximum absolute atomic E-state index is 12.9. The van der Waals surface area contributed by atoms with Crippen LogP contribution in [0.2, 0.25) is 0 Å². The number of hydrogen-bond acceptors (Lipinski definition) is 5. The maximum Gasteiger partial charge on any atom is 0.223 e. The van der Waals surface area contributed by atoms with Gasteiger partial charge in [-0.15, -0.1) is 11.3 Å². The quantitative estimate of drug-likeness (QED) is 0.749. The summed E-state index contributed by atoms with van der Waals surface area (Å²) in [5, 5.41) is 3.34. The number of benzene rings is 1. The fourth-order valence-corrected chi connectivity index (χ4v) is 6.29. The molecule has 1 aromatic carbocycles. The minimum atomic E-state index is 0.237. The first-order valence-electron chi connectivity index (χ1n) is 11.2. The number of rotatable bonds is 4. The van der Waals surface area contributed by atoms with E-state index in [-0.39, 0.29) is 5.41 Å². The molecule has 0 saturated carbocycles. The zero-order chi connectivity index (χ0) is 20.6. The molecule has 6 heteroatoms. The molecule has 0 radical (unpaired) electrons. The van der Waals surface area contributed by atoms with E-state index in [4.69, 9.17) is 4.74 Å². The lowest BCUT2D eigenvalue weighted by Gasteiger charge is -2.40. The minimum absolute atomic E-state index is 0.237. The second kappa shape index (κ2) is 8.40. The van der Waals surface area contributed by atoms with Gasteiger partial charge in [0.1, 0.15) is 0 Å². The first-order chi connectivity index (χ1) is 14.6. The van der Waals surface area contributed by atoms with Gasteiger partial charge in [-0.25, -0.2) is 4.98 Å². The SMILES string of the molecule is Cc1nc(CN2CCC3(CC2)C[C@H](CC(=O)N2CCOCC2)c2ccccc23)cs1. The fraction of sp³-hybridized carbons (Fsp3) is 0.583. The third-order valence-corrected chi connectivity index (χ3v) is 8.08. The number of piperidine rings is 1. The van der Waals surface area contributed by atoms with Crippen LogP contribution in [0.15, 0.2) is 29.6 Å². The molecule has 1 spiro atoms. The third-order valence-electron chi connectivity index (χ3n) is 7.26. The number of aromatic nitrogens is 1. The molecule has 1 aliphatic carbocycles. The van der Waals surface area contributed by atoms with Gasteiger partial charge >= 0.3 is 0 Å². The summed E-state index contributed by atoms with van der Waals surface area (Å²) in [6.07, 6.45) is 4.11. The Kier molecular flexibility index (Phi) is 5.65. The van der Waals surface area contributed by atoms with E-state index in [1.54, 1.807) is 11.3 Å². The van der Waals surface area contributed by atoms with Crippen molar-refractivity contribution in [2.24, 2.45) is 0 Å². The molecular weight excluding hydrogens is 394 g/mol. The number of thiazole rings is 1. The number of carbonyl (C=O) groups excluding carboxylic acids is 1. The summed E-state index contributed by atoms with van der Waals surface area (Å²) in [5.41, 5.74) is 4.37. The molecule has 160 valence electrons. The number of nitrogens with zero attached hydrogens (tertiary/aromatic N) is 3. The van der Waals surface area contributed by atoms with Crippen molar-refractivity contribution in [3.05, 3.63) is 51.5 Å². The first-order valence-corrected chi connectivity index (χ1v) is 12.1. The van der Waals surface area contributed by atoms with Gasteiger partial charge in [0, 0.05) is 31.4 Å². The van der Waals surface area contributed by atoms with Crippen molar-refractivity contribution in [1.29, 1.82) is 0 Å². The van der Waals surface area contributed by atoms with Crippen LogP contribution in [0, 0.1) is 6.92 Å². The van der Waals surface area contributed by atoms with Gasteiger partial charge in [0.05, 0.1) is 23.9 Å². The number of morpholine rings is 1. The number of likely N-dealkylation sites (tertiary alicyclic amines) is 1. The van der Waals surface area contributed by atoms with E-state index < -0.39 is 0 Å². The standard InChI is InChI=1S/C24H31N3O2S/c1-18-25-20(17-30-18)16-26-8-6-24(7-9-26)15-19(21-4-2-3-5-22(21)24)14-23(28)27-10-12-29-13-11-27/h2-5,17,19H,6-16H2,1H3/t19-/m0/s1. The van der Waals surface area contributed by atoms with Crippen molar-refractivity contribution in [1.82, 2.24) is 14.8 Å². The van der Waals surface area contributed by atoms with Crippen LogP contribution >= 0.6 is 11.3 Å². The third kappa shape index (κ3) is 3.93. The average molecular weight is 426 g/mol. The monoisotopic (exact) mass is 425 g/mol. The van der Waals surface area contributed by atoms with Gasteiger partial charge in [-0.05, 0) is 61.7 Å². The summed E-state index contributed by atoms with van der Waals surface area (Å²) in [5.74, 6) is 0.649. The van der Waals surface area contributed by atoms with E-state index in [0.29, 0.717) is 31.5 Å². The summed E-state index contributed by atoms with van der Waals surface area (Å²) < 4.78 is 5.42. The Labute approximate surface area is 183 Å². The van der Waals surface area contributed by atoms with E-state index in [1.807, 2.05) is 4.90 Å². The van der Waals surface area contributed by atoms with Crippen molar-refractivity contribution >= 4 is 17.2 Å². The second-order valence-electron chi connectivity index (χ2n) is 9.10. The first kappa shape index (κ1) is 20.2. The number of ether oxygens (including phenoxy) is 1. The van der Waals surface area contributed by atoms with E-state index in [9.17, 15) is 4.79 Å². The lowest BCUT2D eigenvalue weighted by Crippen LogP contribution is -2.42. The summed E-state index contributed by atoms with van der Waals surface area (Å²) in [4.78, 5) is 22.1. The molecule has 3 heterocycles. The highest BCUT2D eigenvalue weighted by Gasteiger charge is 2.45. The molecule has 1 amide bonds. The summed E-state index contributed by atoms with van der Waals surface area (Å²) in [6.45, 7) is 8.07. The van der Waals surface area contributed by atoms with Crippen LogP contribution in [0.5, 0.6) is 0 Å². The van der Waals surface area contributed by atoms with E-state index >= 15 is 0 Å². The molecule has 2 aliphatic heterocycles. The molecule has 2 saturated heterocycles. The average Bonchev–Trinajstić information content (AvgIpc) is 3.32. The van der Waals surface area contributed by atoms with Crippen LogP contribution in [0.1, 0.15) is 53.4 Å². The lowest BCUT2D eigenvalue weighted by molar-refractivity contribution is -0.135. The van der Waals surface area contributed by atoms with Crippen LogP contribution < -0.4 is 0 Å². The van der Waals surface area contributed by atoms with Gasteiger partial charge in [0.15, 0.2) is 0 Å². The Bertz CT molecular complexity index is 897. The van der Waals surface area contributed by atoms with Crippen LogP contribution in [0.3, 0.4) is 0 Å². The zero-order valence-corrected chi connectivity index (χ0v) is 18.6.